The molecule has 2 nitrogen and oxygen atoms in total. The highest BCUT2D eigenvalue weighted by atomic mass is 31.2. The van der Waals surface area contributed by atoms with Crippen LogP contribution in [0.25, 0.3) is 0 Å². The van der Waals surface area contributed by atoms with Crippen molar-refractivity contribution in [1.82, 2.24) is 0 Å². The van der Waals surface area contributed by atoms with Gasteiger partial charge in [0.1, 0.15) is 0 Å². The Kier molecular flexibility index (Phi) is 3.07. The van der Waals surface area contributed by atoms with E-state index in [2.05, 4.69) is 41.5 Å². The lowest BCUT2D eigenvalue weighted by atomic mass is 9.90. The van der Waals surface area contributed by atoms with Crippen molar-refractivity contribution < 1.29 is 9.05 Å². The molecule has 13 heavy (non-hydrogen) atoms. The molecule has 0 bridgehead atoms. The largest absolute Gasteiger partial charge is 0.331 e. The molecule has 1 heterocycles. The van der Waals surface area contributed by atoms with Gasteiger partial charge in [0, 0.05) is 5.16 Å². The summed E-state index contributed by atoms with van der Waals surface area (Å²) in [5, 5.41) is 0.148. The second-order valence-electron chi connectivity index (χ2n) is 5.68. The van der Waals surface area contributed by atoms with Crippen molar-refractivity contribution in [1.29, 1.82) is 0 Å². The van der Waals surface area contributed by atoms with Crippen LogP contribution in [0.4, 0.5) is 0 Å². The summed E-state index contributed by atoms with van der Waals surface area (Å²) >= 11 is 0. The first kappa shape index (κ1) is 11.4. The molecule has 2 atom stereocenters. The van der Waals surface area contributed by atoms with Crippen LogP contribution >= 0.6 is 8.38 Å². The van der Waals surface area contributed by atoms with Crippen LogP contribution in [0.5, 0.6) is 0 Å². The minimum atomic E-state index is -0.690. The Hall–Kier alpha value is 0.350. The first-order chi connectivity index (χ1) is 5.71. The van der Waals surface area contributed by atoms with Crippen LogP contribution in [-0.2, 0) is 9.05 Å². The van der Waals surface area contributed by atoms with E-state index >= 15 is 0 Å². The standard InChI is InChI=1S/C10H21O2P/c1-9(2,3)8-7-11-13(12-8)10(4,5)6/h8H,7H2,1-6H3/t8-,13+/m1/s1. The van der Waals surface area contributed by atoms with E-state index in [-0.39, 0.29) is 16.7 Å². The molecule has 0 amide bonds. The van der Waals surface area contributed by atoms with Crippen molar-refractivity contribution in [3.05, 3.63) is 0 Å². The molecule has 0 aromatic rings. The van der Waals surface area contributed by atoms with Crippen molar-refractivity contribution in [2.45, 2.75) is 52.8 Å². The van der Waals surface area contributed by atoms with Gasteiger partial charge in [-0.05, 0) is 5.41 Å². The minimum Gasteiger partial charge on any atom is -0.331 e. The topological polar surface area (TPSA) is 18.5 Å². The summed E-state index contributed by atoms with van der Waals surface area (Å²) in [4.78, 5) is 0. The summed E-state index contributed by atoms with van der Waals surface area (Å²) in [5.74, 6) is 0. The molecule has 0 aromatic carbocycles. The van der Waals surface area contributed by atoms with E-state index in [1.54, 1.807) is 0 Å². The molecule has 0 aliphatic carbocycles. The van der Waals surface area contributed by atoms with Gasteiger partial charge < -0.3 is 9.05 Å². The summed E-state index contributed by atoms with van der Waals surface area (Å²) in [5.41, 5.74) is 0.197. The fourth-order valence-electron chi connectivity index (χ4n) is 1.07. The fourth-order valence-corrected chi connectivity index (χ4v) is 2.72. The van der Waals surface area contributed by atoms with Gasteiger partial charge >= 0.3 is 0 Å². The third-order valence-electron chi connectivity index (χ3n) is 2.08. The highest BCUT2D eigenvalue weighted by Gasteiger charge is 2.40. The van der Waals surface area contributed by atoms with Crippen LogP contribution in [0, 0.1) is 5.41 Å². The molecular formula is C10H21O2P. The lowest BCUT2D eigenvalue weighted by molar-refractivity contribution is 0.110. The summed E-state index contributed by atoms with van der Waals surface area (Å²) in [6.45, 7) is 13.9. The maximum absolute atomic E-state index is 5.93. The number of hydrogen-bond donors (Lipinski definition) is 0. The zero-order chi connectivity index (χ0) is 10.3. The summed E-state index contributed by atoms with van der Waals surface area (Å²) in [6.07, 6.45) is 0.262. The van der Waals surface area contributed by atoms with Gasteiger partial charge in [-0.1, -0.05) is 41.5 Å². The molecule has 0 saturated carbocycles. The zero-order valence-corrected chi connectivity index (χ0v) is 10.4. The molecular weight excluding hydrogens is 183 g/mol. The van der Waals surface area contributed by atoms with Crippen LogP contribution in [-0.4, -0.2) is 17.9 Å². The van der Waals surface area contributed by atoms with Gasteiger partial charge in [0.25, 0.3) is 0 Å². The maximum Gasteiger partial charge on any atom is 0.176 e. The third kappa shape index (κ3) is 2.90. The second-order valence-corrected chi connectivity index (χ2v) is 8.01. The van der Waals surface area contributed by atoms with Crippen LogP contribution < -0.4 is 0 Å². The normalized spacial score (nSPS) is 30.9. The quantitative estimate of drug-likeness (QED) is 0.562. The Morgan fingerprint density at radius 2 is 1.62 bits per heavy atom. The molecule has 0 aromatic heterocycles. The molecule has 0 radical (unpaired) electrons. The maximum atomic E-state index is 5.93. The highest BCUT2D eigenvalue weighted by Crippen LogP contribution is 2.57. The average molecular weight is 204 g/mol. The Bertz CT molecular complexity index is 158. The van der Waals surface area contributed by atoms with Gasteiger partial charge in [-0.25, -0.2) is 0 Å². The van der Waals surface area contributed by atoms with E-state index in [4.69, 9.17) is 9.05 Å². The van der Waals surface area contributed by atoms with E-state index in [1.807, 2.05) is 0 Å². The van der Waals surface area contributed by atoms with Crippen molar-refractivity contribution in [2.75, 3.05) is 6.61 Å². The number of hydrogen-bond acceptors (Lipinski definition) is 2. The molecule has 0 unspecified atom stereocenters. The molecule has 1 saturated heterocycles. The van der Waals surface area contributed by atoms with Crippen LogP contribution in [0.2, 0.25) is 0 Å². The minimum absolute atomic E-state index is 0.148. The van der Waals surface area contributed by atoms with Gasteiger partial charge in [-0.3, -0.25) is 0 Å². The lowest BCUT2D eigenvalue weighted by Gasteiger charge is -2.28. The molecule has 1 fully saturated rings. The molecule has 0 spiro atoms. The Balaban J connectivity index is 2.55. The van der Waals surface area contributed by atoms with Gasteiger partial charge in [-0.2, -0.15) is 0 Å². The molecule has 1 aliphatic rings. The molecule has 0 N–H and O–H groups in total. The highest BCUT2D eigenvalue weighted by molar-refractivity contribution is 7.49. The Morgan fingerprint density at radius 1 is 1.08 bits per heavy atom. The van der Waals surface area contributed by atoms with Crippen LogP contribution in [0.3, 0.4) is 0 Å². The van der Waals surface area contributed by atoms with E-state index in [0.717, 1.165) is 6.61 Å². The molecule has 3 heteroatoms. The fraction of sp³-hybridized carbons (Fsp3) is 1.00. The van der Waals surface area contributed by atoms with Gasteiger partial charge in [0.05, 0.1) is 12.7 Å². The van der Waals surface area contributed by atoms with E-state index in [0.29, 0.717) is 0 Å². The van der Waals surface area contributed by atoms with E-state index in [9.17, 15) is 0 Å². The van der Waals surface area contributed by atoms with E-state index < -0.39 is 8.38 Å². The van der Waals surface area contributed by atoms with Gasteiger partial charge in [-0.15, -0.1) is 0 Å². The SMILES string of the molecule is CC(C)(C)[C@H]1CO[P@](C(C)(C)C)O1. The van der Waals surface area contributed by atoms with Crippen molar-refractivity contribution >= 4 is 8.38 Å². The van der Waals surface area contributed by atoms with Crippen LogP contribution in [0.15, 0.2) is 0 Å². The van der Waals surface area contributed by atoms with Gasteiger partial charge in [0.15, 0.2) is 8.38 Å². The van der Waals surface area contributed by atoms with Gasteiger partial charge in [0.2, 0.25) is 0 Å². The summed E-state index contributed by atoms with van der Waals surface area (Å²) < 4.78 is 11.6. The first-order valence-corrected chi connectivity index (χ1v) is 5.99. The molecule has 1 aliphatic heterocycles. The molecule has 1 rings (SSSR count). The Labute approximate surface area is 82.9 Å². The van der Waals surface area contributed by atoms with Crippen molar-refractivity contribution in [2.24, 2.45) is 5.41 Å². The smallest absolute Gasteiger partial charge is 0.176 e. The predicted octanol–water partition coefficient (Wildman–Crippen LogP) is 3.56. The molecule has 78 valence electrons. The van der Waals surface area contributed by atoms with Crippen molar-refractivity contribution in [3.8, 4) is 0 Å². The zero-order valence-electron chi connectivity index (χ0n) is 9.55. The lowest BCUT2D eigenvalue weighted by Crippen LogP contribution is -2.27. The second kappa shape index (κ2) is 3.49. The third-order valence-corrected chi connectivity index (χ3v) is 4.00. The van der Waals surface area contributed by atoms with Crippen molar-refractivity contribution in [3.63, 3.8) is 0 Å². The first-order valence-electron chi connectivity index (χ1n) is 4.81. The summed E-state index contributed by atoms with van der Waals surface area (Å²) in [7, 11) is -0.690. The number of rotatable bonds is 0. The van der Waals surface area contributed by atoms with E-state index in [1.165, 1.54) is 0 Å². The Morgan fingerprint density at radius 3 is 1.85 bits per heavy atom. The monoisotopic (exact) mass is 204 g/mol. The average Bonchev–Trinajstić information content (AvgIpc) is 2.28. The summed E-state index contributed by atoms with van der Waals surface area (Å²) in [6, 6.07) is 0. The van der Waals surface area contributed by atoms with Crippen LogP contribution in [0.1, 0.15) is 41.5 Å². The predicted molar refractivity (Wildman–Crippen MR) is 57.0 cm³/mol.